The molecule has 2 aromatic carbocycles. The van der Waals surface area contributed by atoms with Crippen molar-refractivity contribution >= 4 is 23.2 Å². The van der Waals surface area contributed by atoms with E-state index in [0.717, 1.165) is 12.1 Å². The van der Waals surface area contributed by atoms with Crippen LogP contribution in [0.25, 0.3) is 0 Å². The van der Waals surface area contributed by atoms with Crippen molar-refractivity contribution in [3.05, 3.63) is 58.9 Å². The highest BCUT2D eigenvalue weighted by Gasteiger charge is 2.27. The van der Waals surface area contributed by atoms with Crippen molar-refractivity contribution in [3.8, 4) is 5.75 Å². The van der Waals surface area contributed by atoms with Crippen LogP contribution >= 0.6 is 11.6 Å². The van der Waals surface area contributed by atoms with Gasteiger partial charge < -0.3 is 9.64 Å². The number of nitrogens with one attached hydrogen (secondary N) is 1. The van der Waals surface area contributed by atoms with Crippen molar-refractivity contribution in [3.63, 3.8) is 0 Å². The van der Waals surface area contributed by atoms with Crippen molar-refractivity contribution in [2.24, 2.45) is 5.84 Å². The molecule has 1 atom stereocenters. The molecule has 0 radical (unpaired) electrons. The van der Waals surface area contributed by atoms with E-state index in [-0.39, 0.29) is 12.0 Å². The molecule has 0 bridgehead atoms. The van der Waals surface area contributed by atoms with E-state index in [1.54, 1.807) is 12.1 Å². The van der Waals surface area contributed by atoms with Crippen molar-refractivity contribution in [1.29, 1.82) is 0 Å². The molecule has 7 heteroatoms. The molecule has 0 aliphatic carbocycles. The van der Waals surface area contributed by atoms with E-state index in [0.29, 0.717) is 29.4 Å². The predicted molar refractivity (Wildman–Crippen MR) is 90.8 cm³/mol. The first-order valence-electron chi connectivity index (χ1n) is 7.55. The topological polar surface area (TPSA) is 67.6 Å². The summed E-state index contributed by atoms with van der Waals surface area (Å²) in [6, 6.07) is 11.3. The average Bonchev–Trinajstić information content (AvgIpc) is 3.06. The van der Waals surface area contributed by atoms with Crippen LogP contribution in [-0.4, -0.2) is 25.1 Å². The number of carbonyl (C=O) groups excluding carboxylic acids is 1. The van der Waals surface area contributed by atoms with Crippen LogP contribution in [0.3, 0.4) is 0 Å². The lowest BCUT2D eigenvalue weighted by atomic mass is 10.1. The summed E-state index contributed by atoms with van der Waals surface area (Å²) >= 11 is 6.04. The van der Waals surface area contributed by atoms with E-state index in [1.165, 1.54) is 18.2 Å². The number of para-hydroxylation sites is 1. The molecule has 24 heavy (non-hydrogen) atoms. The van der Waals surface area contributed by atoms with Crippen LogP contribution in [0, 0.1) is 5.82 Å². The van der Waals surface area contributed by atoms with Gasteiger partial charge in [0.05, 0.1) is 17.1 Å². The smallest absolute Gasteiger partial charge is 0.267 e. The van der Waals surface area contributed by atoms with Gasteiger partial charge in [0.25, 0.3) is 5.91 Å². The van der Waals surface area contributed by atoms with Crippen LogP contribution in [0.1, 0.15) is 16.8 Å². The first-order chi connectivity index (χ1) is 11.6. The third-order valence-electron chi connectivity index (χ3n) is 3.95. The maximum atomic E-state index is 13.3. The fraction of sp³-hybridized carbons (Fsp3) is 0.235. The summed E-state index contributed by atoms with van der Waals surface area (Å²) in [5.41, 5.74) is 3.45. The molecule has 1 heterocycles. The lowest BCUT2D eigenvalue weighted by molar-refractivity contribution is 0.0954. The Balaban J connectivity index is 1.74. The monoisotopic (exact) mass is 349 g/mol. The molecular formula is C17H17ClFN3O2. The molecule has 1 aliphatic rings. The molecule has 0 saturated carbocycles. The molecule has 1 amide bonds. The molecule has 0 aromatic heterocycles. The number of benzene rings is 2. The standard InChI is InChI=1S/C17H17ClFN3O2/c18-14-6-5-11(19)9-16(14)24-12-7-8-22(10-12)15-4-2-1-3-13(15)17(23)21-20/h1-6,9,12H,7-8,10,20H2,(H,21,23)/t12-/m1/s1. The van der Waals surface area contributed by atoms with Gasteiger partial charge in [0, 0.05) is 24.7 Å². The number of carbonyl (C=O) groups is 1. The van der Waals surface area contributed by atoms with Gasteiger partial charge in [0.1, 0.15) is 17.7 Å². The number of anilines is 1. The quantitative estimate of drug-likeness (QED) is 0.506. The highest BCUT2D eigenvalue weighted by atomic mass is 35.5. The zero-order chi connectivity index (χ0) is 17.1. The molecule has 2 aromatic rings. The zero-order valence-electron chi connectivity index (χ0n) is 12.8. The summed E-state index contributed by atoms with van der Waals surface area (Å²) in [6.45, 7) is 1.29. The third kappa shape index (κ3) is 3.44. The van der Waals surface area contributed by atoms with Gasteiger partial charge in [0.2, 0.25) is 0 Å². The average molecular weight is 350 g/mol. The second-order valence-electron chi connectivity index (χ2n) is 5.54. The SMILES string of the molecule is NNC(=O)c1ccccc1N1CC[C@@H](Oc2cc(F)ccc2Cl)C1. The molecular weight excluding hydrogens is 333 g/mol. The lowest BCUT2D eigenvalue weighted by Crippen LogP contribution is -2.32. The van der Waals surface area contributed by atoms with Crippen molar-refractivity contribution < 1.29 is 13.9 Å². The number of ether oxygens (including phenoxy) is 1. The Hall–Kier alpha value is -2.31. The Labute approximate surface area is 144 Å². The Morgan fingerprint density at radius 1 is 1.33 bits per heavy atom. The molecule has 1 fully saturated rings. The van der Waals surface area contributed by atoms with Crippen molar-refractivity contribution in [1.82, 2.24) is 5.43 Å². The van der Waals surface area contributed by atoms with Crippen LogP contribution < -0.4 is 20.9 Å². The fourth-order valence-electron chi connectivity index (χ4n) is 2.81. The van der Waals surface area contributed by atoms with E-state index in [4.69, 9.17) is 22.2 Å². The van der Waals surface area contributed by atoms with Gasteiger partial charge in [0.15, 0.2) is 0 Å². The van der Waals surface area contributed by atoms with Gasteiger partial charge >= 0.3 is 0 Å². The number of halogens is 2. The largest absolute Gasteiger partial charge is 0.487 e. The number of hydrogen-bond acceptors (Lipinski definition) is 4. The highest BCUT2D eigenvalue weighted by Crippen LogP contribution is 2.30. The van der Waals surface area contributed by atoms with E-state index < -0.39 is 5.82 Å². The Kier molecular flexibility index (Phi) is 4.87. The highest BCUT2D eigenvalue weighted by molar-refractivity contribution is 6.32. The number of nitrogens with zero attached hydrogens (tertiary/aromatic N) is 1. The summed E-state index contributed by atoms with van der Waals surface area (Å²) in [5, 5.41) is 0.373. The maximum absolute atomic E-state index is 13.3. The molecule has 0 unspecified atom stereocenters. The third-order valence-corrected chi connectivity index (χ3v) is 4.26. The summed E-state index contributed by atoms with van der Waals surface area (Å²) in [5.74, 6) is 4.83. The summed E-state index contributed by atoms with van der Waals surface area (Å²) in [6.07, 6.45) is 0.601. The van der Waals surface area contributed by atoms with Gasteiger partial charge in [-0.25, -0.2) is 10.2 Å². The fourth-order valence-corrected chi connectivity index (χ4v) is 2.97. The number of nitrogen functional groups attached to an aromatic ring is 1. The van der Waals surface area contributed by atoms with E-state index >= 15 is 0 Å². The second kappa shape index (κ2) is 7.07. The molecule has 3 N–H and O–H groups in total. The number of rotatable bonds is 4. The van der Waals surface area contributed by atoms with Gasteiger partial charge in [-0.15, -0.1) is 0 Å². The zero-order valence-corrected chi connectivity index (χ0v) is 13.6. The number of hydrazine groups is 1. The number of amides is 1. The van der Waals surface area contributed by atoms with Gasteiger partial charge in [-0.3, -0.25) is 10.2 Å². The Bertz CT molecular complexity index is 756. The summed E-state index contributed by atoms with van der Waals surface area (Å²) in [4.78, 5) is 13.9. The minimum Gasteiger partial charge on any atom is -0.487 e. The molecule has 5 nitrogen and oxygen atoms in total. The van der Waals surface area contributed by atoms with Crippen LogP contribution in [0.2, 0.25) is 5.02 Å². The van der Waals surface area contributed by atoms with Crippen LogP contribution in [0.4, 0.5) is 10.1 Å². The second-order valence-corrected chi connectivity index (χ2v) is 5.95. The molecule has 126 valence electrons. The Morgan fingerprint density at radius 2 is 2.12 bits per heavy atom. The minimum atomic E-state index is -0.394. The molecule has 1 saturated heterocycles. The van der Waals surface area contributed by atoms with Gasteiger partial charge in [-0.1, -0.05) is 23.7 Å². The minimum absolute atomic E-state index is 0.140. The van der Waals surface area contributed by atoms with Crippen molar-refractivity contribution in [2.45, 2.75) is 12.5 Å². The van der Waals surface area contributed by atoms with Crippen LogP contribution in [-0.2, 0) is 0 Å². The lowest BCUT2D eigenvalue weighted by Gasteiger charge is -2.21. The van der Waals surface area contributed by atoms with E-state index in [2.05, 4.69) is 5.43 Å². The van der Waals surface area contributed by atoms with Gasteiger partial charge in [-0.2, -0.15) is 0 Å². The predicted octanol–water partition coefficient (Wildman–Crippen LogP) is 2.74. The first-order valence-corrected chi connectivity index (χ1v) is 7.93. The van der Waals surface area contributed by atoms with Gasteiger partial charge in [-0.05, 0) is 24.3 Å². The Morgan fingerprint density at radius 3 is 2.92 bits per heavy atom. The summed E-state index contributed by atoms with van der Waals surface area (Å²) in [7, 11) is 0. The van der Waals surface area contributed by atoms with E-state index in [1.807, 2.05) is 17.0 Å². The normalized spacial score (nSPS) is 17.0. The number of hydrogen-bond donors (Lipinski definition) is 2. The van der Waals surface area contributed by atoms with Crippen LogP contribution in [0.15, 0.2) is 42.5 Å². The molecule has 0 spiro atoms. The molecule has 1 aliphatic heterocycles. The van der Waals surface area contributed by atoms with E-state index in [9.17, 15) is 9.18 Å². The van der Waals surface area contributed by atoms with Crippen LogP contribution in [0.5, 0.6) is 5.75 Å². The summed E-state index contributed by atoms with van der Waals surface area (Å²) < 4.78 is 19.2. The van der Waals surface area contributed by atoms with Crippen molar-refractivity contribution in [2.75, 3.05) is 18.0 Å². The number of nitrogens with two attached hydrogens (primary N) is 1. The maximum Gasteiger partial charge on any atom is 0.267 e. The first kappa shape index (κ1) is 16.5. The molecule has 3 rings (SSSR count).